The molecule has 30 heavy (non-hydrogen) atoms. The molecule has 0 unspecified atom stereocenters. The molecule has 0 N–H and O–H groups in total. The second kappa shape index (κ2) is 11.7. The Bertz CT molecular complexity index is 448. The van der Waals surface area contributed by atoms with Gasteiger partial charge in [0.1, 0.15) is 0 Å². The lowest BCUT2D eigenvalue weighted by Crippen LogP contribution is -2.24. The largest absolute Gasteiger partial charge is 0.0651 e. The van der Waals surface area contributed by atoms with Crippen LogP contribution in [-0.4, -0.2) is 0 Å². The first-order valence-corrected chi connectivity index (χ1v) is 14.7. The molecular formula is C30H54. The van der Waals surface area contributed by atoms with Crippen LogP contribution in [0.3, 0.4) is 0 Å². The third-order valence-corrected chi connectivity index (χ3v) is 10.6. The lowest BCUT2D eigenvalue weighted by molar-refractivity contribution is 0.153. The van der Waals surface area contributed by atoms with Crippen LogP contribution in [0.15, 0.2) is 0 Å². The Labute approximate surface area is 189 Å². The molecule has 4 aliphatic carbocycles. The Morgan fingerprint density at radius 2 is 0.600 bits per heavy atom. The van der Waals surface area contributed by atoms with Crippen LogP contribution >= 0.6 is 0 Å². The monoisotopic (exact) mass is 414 g/mol. The van der Waals surface area contributed by atoms with Gasteiger partial charge in [0, 0.05) is 0 Å². The molecule has 0 aromatic heterocycles. The molecule has 0 spiro atoms. The van der Waals surface area contributed by atoms with E-state index in [-0.39, 0.29) is 0 Å². The zero-order chi connectivity index (χ0) is 20.8. The van der Waals surface area contributed by atoms with E-state index < -0.39 is 0 Å². The molecule has 0 aromatic rings. The van der Waals surface area contributed by atoms with Gasteiger partial charge in [-0.05, 0) is 66.6 Å². The van der Waals surface area contributed by atoms with E-state index in [0.29, 0.717) is 0 Å². The minimum absolute atomic E-state index is 1.02. The minimum atomic E-state index is 1.02. The molecular weight excluding hydrogens is 360 g/mol. The summed E-state index contributed by atoms with van der Waals surface area (Å²) < 4.78 is 0. The highest BCUT2D eigenvalue weighted by molar-refractivity contribution is 4.82. The summed E-state index contributed by atoms with van der Waals surface area (Å²) in [4.78, 5) is 0. The summed E-state index contributed by atoms with van der Waals surface area (Å²) in [5.74, 6) is 8.65. The van der Waals surface area contributed by atoms with Crippen LogP contribution in [0.2, 0.25) is 0 Å². The highest BCUT2D eigenvalue weighted by Crippen LogP contribution is 2.43. The van der Waals surface area contributed by atoms with Crippen molar-refractivity contribution in [1.82, 2.24) is 0 Å². The predicted molar refractivity (Wildman–Crippen MR) is 132 cm³/mol. The van der Waals surface area contributed by atoms with Crippen molar-refractivity contribution in [2.45, 2.75) is 142 Å². The van der Waals surface area contributed by atoms with Gasteiger partial charge in [0.05, 0.1) is 0 Å². The lowest BCUT2D eigenvalue weighted by Gasteiger charge is -2.37. The minimum Gasteiger partial charge on any atom is -0.0651 e. The molecule has 0 nitrogen and oxygen atoms in total. The molecule has 174 valence electrons. The summed E-state index contributed by atoms with van der Waals surface area (Å²) in [6, 6.07) is 0. The summed E-state index contributed by atoms with van der Waals surface area (Å²) >= 11 is 0. The Balaban J connectivity index is 1.07. The van der Waals surface area contributed by atoms with Gasteiger partial charge >= 0.3 is 0 Å². The quantitative estimate of drug-likeness (QED) is 0.389. The topological polar surface area (TPSA) is 0 Å². The standard InChI is InChI=1S/C30H54/c1-3-24-8-10-26(11-9-24)21-28-16-18-30(19-17-28)22-29-14-12-27(13-15-29)20-25-6-4-23(2)5-7-25/h23-30H,3-22H2,1-2H3. The van der Waals surface area contributed by atoms with Crippen molar-refractivity contribution < 1.29 is 0 Å². The molecule has 0 aromatic carbocycles. The first-order chi connectivity index (χ1) is 14.7. The van der Waals surface area contributed by atoms with Crippen molar-refractivity contribution in [3.8, 4) is 0 Å². The first kappa shape index (κ1) is 23.2. The third kappa shape index (κ3) is 7.00. The zero-order valence-electron chi connectivity index (χ0n) is 20.8. The van der Waals surface area contributed by atoms with Crippen molar-refractivity contribution in [3.63, 3.8) is 0 Å². The fourth-order valence-corrected chi connectivity index (χ4v) is 8.26. The van der Waals surface area contributed by atoms with Crippen LogP contribution in [0.5, 0.6) is 0 Å². The molecule has 0 heteroatoms. The van der Waals surface area contributed by atoms with E-state index in [2.05, 4.69) is 13.8 Å². The van der Waals surface area contributed by atoms with Crippen molar-refractivity contribution in [2.24, 2.45) is 47.3 Å². The molecule has 0 bridgehead atoms. The normalized spacial score (nSPS) is 43.4. The van der Waals surface area contributed by atoms with Crippen LogP contribution in [-0.2, 0) is 0 Å². The predicted octanol–water partition coefficient (Wildman–Crippen LogP) is 9.81. The Hall–Kier alpha value is 0. The molecule has 0 aliphatic heterocycles. The SMILES string of the molecule is CCC1CCC(CC2CCC(CC3CCC(CC4CCC(C)CC4)CC3)CC2)CC1. The lowest BCUT2D eigenvalue weighted by atomic mass is 9.69. The third-order valence-electron chi connectivity index (χ3n) is 10.6. The van der Waals surface area contributed by atoms with Gasteiger partial charge in [-0.2, -0.15) is 0 Å². The molecule has 0 heterocycles. The highest BCUT2D eigenvalue weighted by atomic mass is 14.4. The van der Waals surface area contributed by atoms with Gasteiger partial charge < -0.3 is 0 Å². The van der Waals surface area contributed by atoms with Crippen molar-refractivity contribution in [2.75, 3.05) is 0 Å². The second-order valence-electron chi connectivity index (χ2n) is 12.9. The molecule has 0 amide bonds. The van der Waals surface area contributed by atoms with Crippen LogP contribution in [0.25, 0.3) is 0 Å². The molecule has 4 rings (SSSR count). The van der Waals surface area contributed by atoms with E-state index in [1.807, 2.05) is 0 Å². The number of hydrogen-bond donors (Lipinski definition) is 0. The maximum atomic E-state index is 2.46. The fourth-order valence-electron chi connectivity index (χ4n) is 8.26. The molecule has 0 radical (unpaired) electrons. The second-order valence-corrected chi connectivity index (χ2v) is 12.9. The first-order valence-electron chi connectivity index (χ1n) is 14.7. The van der Waals surface area contributed by atoms with Crippen molar-refractivity contribution in [3.05, 3.63) is 0 Å². The summed E-state index contributed by atoms with van der Waals surface area (Å²) in [5, 5.41) is 0. The van der Waals surface area contributed by atoms with Crippen molar-refractivity contribution >= 4 is 0 Å². The highest BCUT2D eigenvalue weighted by Gasteiger charge is 2.30. The van der Waals surface area contributed by atoms with E-state index in [4.69, 9.17) is 0 Å². The van der Waals surface area contributed by atoms with Gasteiger partial charge in [0.2, 0.25) is 0 Å². The molecule has 0 atom stereocenters. The fraction of sp³-hybridized carbons (Fsp3) is 1.00. The number of hydrogen-bond acceptors (Lipinski definition) is 0. The van der Waals surface area contributed by atoms with E-state index >= 15 is 0 Å². The average molecular weight is 415 g/mol. The van der Waals surface area contributed by atoms with Gasteiger partial charge in [-0.25, -0.2) is 0 Å². The molecule has 4 fully saturated rings. The summed E-state index contributed by atoms with van der Waals surface area (Å²) in [6.07, 6.45) is 31.1. The Kier molecular flexibility index (Phi) is 9.07. The summed E-state index contributed by atoms with van der Waals surface area (Å²) in [5.41, 5.74) is 0. The van der Waals surface area contributed by atoms with Gasteiger partial charge in [-0.3, -0.25) is 0 Å². The Morgan fingerprint density at radius 3 is 0.867 bits per heavy atom. The van der Waals surface area contributed by atoms with Gasteiger partial charge in [-0.1, -0.05) is 123 Å². The smallest absolute Gasteiger partial charge is 0.0411 e. The Morgan fingerprint density at radius 1 is 0.367 bits per heavy atom. The van der Waals surface area contributed by atoms with Gasteiger partial charge in [0.15, 0.2) is 0 Å². The molecule has 0 saturated heterocycles. The van der Waals surface area contributed by atoms with Crippen LogP contribution in [0.1, 0.15) is 142 Å². The van der Waals surface area contributed by atoms with Crippen molar-refractivity contribution in [1.29, 1.82) is 0 Å². The van der Waals surface area contributed by atoms with Crippen LogP contribution < -0.4 is 0 Å². The van der Waals surface area contributed by atoms with Crippen LogP contribution in [0.4, 0.5) is 0 Å². The van der Waals surface area contributed by atoms with Gasteiger partial charge in [-0.15, -0.1) is 0 Å². The van der Waals surface area contributed by atoms with Gasteiger partial charge in [0.25, 0.3) is 0 Å². The summed E-state index contributed by atoms with van der Waals surface area (Å²) in [7, 11) is 0. The van der Waals surface area contributed by atoms with Crippen LogP contribution in [0, 0.1) is 47.3 Å². The molecule has 4 aliphatic rings. The van der Waals surface area contributed by atoms with E-state index in [1.165, 1.54) is 19.3 Å². The molecule has 4 saturated carbocycles. The summed E-state index contributed by atoms with van der Waals surface area (Å²) in [6.45, 7) is 4.86. The average Bonchev–Trinajstić information content (AvgIpc) is 2.78. The zero-order valence-corrected chi connectivity index (χ0v) is 20.8. The number of rotatable bonds is 7. The van der Waals surface area contributed by atoms with E-state index in [1.54, 1.807) is 109 Å². The maximum Gasteiger partial charge on any atom is -0.0411 e. The van der Waals surface area contributed by atoms with E-state index in [9.17, 15) is 0 Å². The van der Waals surface area contributed by atoms with E-state index in [0.717, 1.165) is 47.3 Å². The maximum absolute atomic E-state index is 2.46.